The summed E-state index contributed by atoms with van der Waals surface area (Å²) in [5, 5.41) is 4.48. The molecule has 0 radical (unpaired) electrons. The van der Waals surface area contributed by atoms with E-state index in [2.05, 4.69) is 18.9 Å². The lowest BCUT2D eigenvalue weighted by molar-refractivity contribution is -0.119. The summed E-state index contributed by atoms with van der Waals surface area (Å²) < 4.78 is 1.98. The van der Waals surface area contributed by atoms with E-state index in [0.717, 1.165) is 18.5 Å². The summed E-state index contributed by atoms with van der Waals surface area (Å²) in [6, 6.07) is 2.40. The van der Waals surface area contributed by atoms with E-state index in [1.165, 1.54) is 0 Å². The van der Waals surface area contributed by atoms with Crippen LogP contribution in [0.25, 0.3) is 0 Å². The highest BCUT2D eigenvalue weighted by atomic mass is 16.1. The second kappa shape index (κ2) is 6.55. The summed E-state index contributed by atoms with van der Waals surface area (Å²) in [4.78, 5) is 13.5. The average Bonchev–Trinajstić information content (AvgIpc) is 2.67. The highest BCUT2D eigenvalue weighted by Crippen LogP contribution is 2.14. The molecule has 96 valence electrons. The Morgan fingerprint density at radius 2 is 2.06 bits per heavy atom. The number of ketones is 1. The SMILES string of the molecule is CCC(CC)n1ccc(CC(=O)CN(C)C)n1. The molecule has 0 saturated heterocycles. The first-order valence-electron chi connectivity index (χ1n) is 6.27. The highest BCUT2D eigenvalue weighted by molar-refractivity contribution is 5.82. The smallest absolute Gasteiger partial charge is 0.152 e. The Morgan fingerprint density at radius 1 is 1.41 bits per heavy atom. The van der Waals surface area contributed by atoms with Gasteiger partial charge in [-0.1, -0.05) is 13.8 Å². The molecule has 0 unspecified atom stereocenters. The second-order valence-corrected chi connectivity index (χ2v) is 4.71. The number of hydrogen-bond acceptors (Lipinski definition) is 3. The lowest BCUT2D eigenvalue weighted by atomic mass is 10.2. The van der Waals surface area contributed by atoms with Gasteiger partial charge in [-0.3, -0.25) is 9.48 Å². The molecule has 0 atom stereocenters. The first-order chi connectivity index (χ1) is 8.06. The van der Waals surface area contributed by atoms with Crippen molar-refractivity contribution < 1.29 is 4.79 Å². The summed E-state index contributed by atoms with van der Waals surface area (Å²) in [5.41, 5.74) is 0.878. The van der Waals surface area contributed by atoms with Crippen LogP contribution in [0, 0.1) is 0 Å². The summed E-state index contributed by atoms with van der Waals surface area (Å²) in [7, 11) is 3.81. The molecule has 4 nitrogen and oxygen atoms in total. The molecule has 0 aromatic carbocycles. The average molecular weight is 237 g/mol. The molecule has 0 aliphatic rings. The van der Waals surface area contributed by atoms with Crippen LogP contribution in [0.1, 0.15) is 38.4 Å². The zero-order valence-corrected chi connectivity index (χ0v) is 11.3. The second-order valence-electron chi connectivity index (χ2n) is 4.71. The van der Waals surface area contributed by atoms with Crippen LogP contribution in [-0.4, -0.2) is 41.1 Å². The zero-order chi connectivity index (χ0) is 12.8. The largest absolute Gasteiger partial charge is 0.302 e. The van der Waals surface area contributed by atoms with Gasteiger partial charge < -0.3 is 4.90 Å². The molecular formula is C13H23N3O. The molecule has 0 N–H and O–H groups in total. The van der Waals surface area contributed by atoms with Crippen LogP contribution in [0.15, 0.2) is 12.3 Å². The number of rotatable bonds is 7. The summed E-state index contributed by atoms with van der Waals surface area (Å²) in [6.07, 6.45) is 4.56. The van der Waals surface area contributed by atoms with Crippen molar-refractivity contribution >= 4 is 5.78 Å². The van der Waals surface area contributed by atoms with Crippen LogP contribution < -0.4 is 0 Å². The maximum Gasteiger partial charge on any atom is 0.152 e. The van der Waals surface area contributed by atoms with Gasteiger partial charge in [-0.25, -0.2) is 0 Å². The maximum atomic E-state index is 11.7. The minimum Gasteiger partial charge on any atom is -0.302 e. The van der Waals surface area contributed by atoms with Gasteiger partial charge in [0.1, 0.15) is 0 Å². The molecule has 17 heavy (non-hydrogen) atoms. The van der Waals surface area contributed by atoms with E-state index in [4.69, 9.17) is 0 Å². The maximum absolute atomic E-state index is 11.7. The normalized spacial score (nSPS) is 11.4. The zero-order valence-electron chi connectivity index (χ0n) is 11.3. The van der Waals surface area contributed by atoms with Crippen LogP contribution in [0.3, 0.4) is 0 Å². The van der Waals surface area contributed by atoms with Gasteiger partial charge in [0, 0.05) is 6.20 Å². The predicted molar refractivity (Wildman–Crippen MR) is 69.1 cm³/mol. The molecule has 0 aliphatic carbocycles. The summed E-state index contributed by atoms with van der Waals surface area (Å²) in [5.74, 6) is 0.213. The molecule has 0 fully saturated rings. The Labute approximate surface area is 104 Å². The molecule has 0 saturated carbocycles. The lowest BCUT2D eigenvalue weighted by Crippen LogP contribution is -2.23. The molecule has 1 aromatic rings. The monoisotopic (exact) mass is 237 g/mol. The van der Waals surface area contributed by atoms with Gasteiger partial charge in [0.15, 0.2) is 5.78 Å². The fourth-order valence-corrected chi connectivity index (χ4v) is 1.95. The van der Waals surface area contributed by atoms with Crippen LogP contribution in [-0.2, 0) is 11.2 Å². The number of aromatic nitrogens is 2. The Balaban J connectivity index is 2.59. The third-order valence-electron chi connectivity index (χ3n) is 2.85. The minimum absolute atomic E-state index is 0.213. The topological polar surface area (TPSA) is 38.1 Å². The van der Waals surface area contributed by atoms with Crippen molar-refractivity contribution in [3.8, 4) is 0 Å². The molecule has 1 rings (SSSR count). The lowest BCUT2D eigenvalue weighted by Gasteiger charge is -2.12. The van der Waals surface area contributed by atoms with Crippen molar-refractivity contribution in [3.63, 3.8) is 0 Å². The van der Waals surface area contributed by atoms with E-state index in [1.807, 2.05) is 35.9 Å². The molecule has 0 bridgehead atoms. The fraction of sp³-hybridized carbons (Fsp3) is 0.692. The Kier molecular flexibility index (Phi) is 5.35. The summed E-state index contributed by atoms with van der Waals surface area (Å²) >= 11 is 0. The van der Waals surface area contributed by atoms with Crippen LogP contribution >= 0.6 is 0 Å². The molecular weight excluding hydrogens is 214 g/mol. The first-order valence-corrected chi connectivity index (χ1v) is 6.27. The Bertz CT molecular complexity index is 353. The van der Waals surface area contributed by atoms with Crippen molar-refractivity contribution in [1.29, 1.82) is 0 Å². The Hall–Kier alpha value is -1.16. The predicted octanol–water partition coefficient (Wildman–Crippen LogP) is 1.92. The van der Waals surface area contributed by atoms with E-state index < -0.39 is 0 Å². The number of carbonyl (C=O) groups is 1. The van der Waals surface area contributed by atoms with E-state index in [-0.39, 0.29) is 5.78 Å². The molecule has 0 spiro atoms. The minimum atomic E-state index is 0.213. The van der Waals surface area contributed by atoms with E-state index in [9.17, 15) is 4.79 Å². The third-order valence-corrected chi connectivity index (χ3v) is 2.85. The number of likely N-dealkylation sites (N-methyl/N-ethyl adjacent to an activating group) is 1. The van der Waals surface area contributed by atoms with Crippen molar-refractivity contribution in [3.05, 3.63) is 18.0 Å². The van der Waals surface area contributed by atoms with Gasteiger partial charge in [0.2, 0.25) is 0 Å². The summed E-state index contributed by atoms with van der Waals surface area (Å²) in [6.45, 7) is 4.80. The third kappa shape index (κ3) is 4.30. The van der Waals surface area contributed by atoms with Crippen molar-refractivity contribution in [1.82, 2.24) is 14.7 Å². The van der Waals surface area contributed by atoms with Gasteiger partial charge in [0.05, 0.1) is 24.7 Å². The molecule has 4 heteroatoms. The number of carbonyl (C=O) groups excluding carboxylic acids is 1. The number of nitrogens with zero attached hydrogens (tertiary/aromatic N) is 3. The van der Waals surface area contributed by atoms with E-state index >= 15 is 0 Å². The van der Waals surface area contributed by atoms with Crippen LogP contribution in [0.2, 0.25) is 0 Å². The number of Topliss-reactive ketones (excluding diaryl/α,β-unsaturated/α-hetero) is 1. The highest BCUT2D eigenvalue weighted by Gasteiger charge is 2.10. The standard InChI is InChI=1S/C13H23N3O/c1-5-12(6-2)16-8-7-11(14-16)9-13(17)10-15(3)4/h7-8,12H,5-6,9-10H2,1-4H3. The molecule has 0 aliphatic heterocycles. The fourth-order valence-electron chi connectivity index (χ4n) is 1.95. The van der Waals surface area contributed by atoms with Crippen molar-refractivity contribution in [2.45, 2.75) is 39.2 Å². The van der Waals surface area contributed by atoms with Gasteiger partial charge in [-0.2, -0.15) is 5.10 Å². The molecule has 1 aromatic heterocycles. The van der Waals surface area contributed by atoms with Gasteiger partial charge >= 0.3 is 0 Å². The first kappa shape index (κ1) is 13.9. The van der Waals surface area contributed by atoms with Crippen molar-refractivity contribution in [2.24, 2.45) is 0 Å². The van der Waals surface area contributed by atoms with E-state index in [0.29, 0.717) is 19.0 Å². The van der Waals surface area contributed by atoms with Crippen LogP contribution in [0.5, 0.6) is 0 Å². The quantitative estimate of drug-likeness (QED) is 0.727. The van der Waals surface area contributed by atoms with Gasteiger partial charge in [0.25, 0.3) is 0 Å². The van der Waals surface area contributed by atoms with Crippen LogP contribution in [0.4, 0.5) is 0 Å². The molecule has 0 amide bonds. The van der Waals surface area contributed by atoms with Gasteiger partial charge in [-0.15, -0.1) is 0 Å². The Morgan fingerprint density at radius 3 is 2.59 bits per heavy atom. The number of hydrogen-bond donors (Lipinski definition) is 0. The van der Waals surface area contributed by atoms with Gasteiger partial charge in [-0.05, 0) is 33.0 Å². The van der Waals surface area contributed by atoms with E-state index in [1.54, 1.807) is 0 Å². The molecule has 1 heterocycles. The van der Waals surface area contributed by atoms with Crippen molar-refractivity contribution in [2.75, 3.05) is 20.6 Å².